The van der Waals surface area contributed by atoms with Gasteiger partial charge in [0.25, 0.3) is 5.22 Å². The summed E-state index contributed by atoms with van der Waals surface area (Å²) in [6, 6.07) is 5.66. The Bertz CT molecular complexity index is 759. The molecule has 3 aromatic rings. The Hall–Kier alpha value is -2.19. The number of amides is 1. The Morgan fingerprint density at radius 2 is 2.30 bits per heavy atom. The molecule has 6 nitrogen and oxygen atoms in total. The highest BCUT2D eigenvalue weighted by molar-refractivity contribution is 7.99. The Kier molecular flexibility index (Phi) is 5.04. The van der Waals surface area contributed by atoms with Crippen LogP contribution in [0.1, 0.15) is 5.56 Å². The van der Waals surface area contributed by atoms with E-state index in [0.717, 1.165) is 11.1 Å². The van der Waals surface area contributed by atoms with Crippen molar-refractivity contribution in [3.8, 4) is 11.5 Å². The highest BCUT2D eigenvalue weighted by Gasteiger charge is 2.14. The van der Waals surface area contributed by atoms with Crippen LogP contribution in [0.15, 0.2) is 51.0 Å². The van der Waals surface area contributed by atoms with Gasteiger partial charge in [0.2, 0.25) is 11.8 Å². The second-order valence-corrected chi connectivity index (χ2v) is 6.49. The van der Waals surface area contributed by atoms with Gasteiger partial charge >= 0.3 is 0 Å². The number of carbonyl (C=O) groups is 1. The van der Waals surface area contributed by atoms with Crippen molar-refractivity contribution in [3.05, 3.63) is 46.9 Å². The van der Waals surface area contributed by atoms with Gasteiger partial charge in [-0.1, -0.05) is 11.8 Å². The number of hydrogen-bond acceptors (Lipinski definition) is 7. The molecule has 0 aliphatic carbocycles. The Balaban J connectivity index is 1.54. The van der Waals surface area contributed by atoms with Gasteiger partial charge in [0.15, 0.2) is 0 Å². The SMILES string of the molecule is CN(Cc1ccsc1)C(=O)CSc1nnc(-c2cccnc2)o1. The van der Waals surface area contributed by atoms with Crippen molar-refractivity contribution < 1.29 is 9.21 Å². The fourth-order valence-corrected chi connectivity index (χ4v) is 3.22. The minimum absolute atomic E-state index is 0.0160. The van der Waals surface area contributed by atoms with Crippen LogP contribution in [0, 0.1) is 0 Å². The van der Waals surface area contributed by atoms with Crippen molar-refractivity contribution in [1.82, 2.24) is 20.1 Å². The van der Waals surface area contributed by atoms with Gasteiger partial charge in [-0.05, 0) is 34.5 Å². The van der Waals surface area contributed by atoms with Gasteiger partial charge in [0, 0.05) is 26.0 Å². The maximum atomic E-state index is 12.1. The van der Waals surface area contributed by atoms with Gasteiger partial charge < -0.3 is 9.32 Å². The van der Waals surface area contributed by atoms with Gasteiger partial charge in [-0.2, -0.15) is 11.3 Å². The predicted molar refractivity (Wildman–Crippen MR) is 89.0 cm³/mol. The van der Waals surface area contributed by atoms with Crippen LogP contribution in [-0.2, 0) is 11.3 Å². The summed E-state index contributed by atoms with van der Waals surface area (Å²) in [4.78, 5) is 17.8. The number of thiophene rings is 1. The summed E-state index contributed by atoms with van der Waals surface area (Å²) < 4.78 is 5.54. The number of nitrogens with zero attached hydrogens (tertiary/aromatic N) is 4. The lowest BCUT2D eigenvalue weighted by Gasteiger charge is -2.15. The van der Waals surface area contributed by atoms with E-state index in [-0.39, 0.29) is 11.7 Å². The van der Waals surface area contributed by atoms with E-state index in [0.29, 0.717) is 17.7 Å². The fourth-order valence-electron chi connectivity index (χ4n) is 1.85. The van der Waals surface area contributed by atoms with Gasteiger partial charge in [0.1, 0.15) is 0 Å². The molecule has 3 rings (SSSR count). The first kappa shape index (κ1) is 15.7. The van der Waals surface area contributed by atoms with Crippen molar-refractivity contribution in [1.29, 1.82) is 0 Å². The Morgan fingerprint density at radius 3 is 3.04 bits per heavy atom. The number of pyridine rings is 1. The first-order chi connectivity index (χ1) is 11.2. The molecule has 0 saturated carbocycles. The molecule has 0 aliphatic heterocycles. The van der Waals surface area contributed by atoms with Crippen molar-refractivity contribution in [2.45, 2.75) is 11.8 Å². The Morgan fingerprint density at radius 1 is 1.39 bits per heavy atom. The van der Waals surface area contributed by atoms with Crippen LogP contribution in [0.4, 0.5) is 0 Å². The molecule has 0 unspecified atom stereocenters. The summed E-state index contributed by atoms with van der Waals surface area (Å²) in [7, 11) is 1.79. The van der Waals surface area contributed by atoms with Crippen molar-refractivity contribution >= 4 is 29.0 Å². The van der Waals surface area contributed by atoms with Crippen LogP contribution in [0.25, 0.3) is 11.5 Å². The highest BCUT2D eigenvalue weighted by atomic mass is 32.2. The molecular formula is C15H14N4O2S2. The standard InChI is InChI=1S/C15H14N4O2S2/c1-19(8-11-4-6-22-9-11)13(20)10-23-15-18-17-14(21-15)12-3-2-5-16-7-12/h2-7,9H,8,10H2,1H3. The number of aromatic nitrogens is 3. The highest BCUT2D eigenvalue weighted by Crippen LogP contribution is 2.22. The molecule has 0 fully saturated rings. The first-order valence-corrected chi connectivity index (χ1v) is 8.77. The molecule has 0 spiro atoms. The minimum Gasteiger partial charge on any atom is -0.411 e. The zero-order chi connectivity index (χ0) is 16.1. The lowest BCUT2D eigenvalue weighted by Crippen LogP contribution is -2.27. The van der Waals surface area contributed by atoms with Gasteiger partial charge in [0.05, 0.1) is 11.3 Å². The molecule has 23 heavy (non-hydrogen) atoms. The van der Waals surface area contributed by atoms with Gasteiger partial charge in [-0.25, -0.2) is 0 Å². The van der Waals surface area contributed by atoms with E-state index in [9.17, 15) is 4.79 Å². The van der Waals surface area contributed by atoms with Crippen molar-refractivity contribution in [3.63, 3.8) is 0 Å². The summed E-state index contributed by atoms with van der Waals surface area (Å²) in [5.74, 6) is 0.678. The van der Waals surface area contributed by atoms with E-state index in [2.05, 4.69) is 15.2 Å². The summed E-state index contributed by atoms with van der Waals surface area (Å²) in [5, 5.41) is 12.3. The third-order valence-corrected chi connectivity index (χ3v) is 4.59. The third kappa shape index (κ3) is 4.17. The second kappa shape index (κ2) is 7.38. The maximum absolute atomic E-state index is 12.1. The molecule has 0 N–H and O–H groups in total. The molecule has 3 heterocycles. The molecule has 118 valence electrons. The molecular weight excluding hydrogens is 332 g/mol. The number of rotatable bonds is 6. The average molecular weight is 346 g/mol. The molecule has 1 amide bonds. The van der Waals surface area contributed by atoms with Crippen LogP contribution < -0.4 is 0 Å². The van der Waals surface area contributed by atoms with E-state index in [1.54, 1.807) is 41.7 Å². The van der Waals surface area contributed by atoms with E-state index in [4.69, 9.17) is 4.42 Å². The van der Waals surface area contributed by atoms with Crippen LogP contribution >= 0.6 is 23.1 Å². The van der Waals surface area contributed by atoms with Gasteiger partial charge in [-0.3, -0.25) is 9.78 Å². The monoisotopic (exact) mass is 346 g/mol. The average Bonchev–Trinajstić information content (AvgIpc) is 3.25. The van der Waals surface area contributed by atoms with E-state index < -0.39 is 0 Å². The summed E-state index contributed by atoms with van der Waals surface area (Å²) in [6.07, 6.45) is 3.33. The van der Waals surface area contributed by atoms with Crippen molar-refractivity contribution in [2.75, 3.05) is 12.8 Å². The largest absolute Gasteiger partial charge is 0.411 e. The second-order valence-electron chi connectivity index (χ2n) is 4.78. The zero-order valence-corrected chi connectivity index (χ0v) is 14.0. The molecule has 8 heteroatoms. The molecule has 0 bridgehead atoms. The van der Waals surface area contributed by atoms with Crippen LogP contribution in [0.2, 0.25) is 0 Å². The normalized spacial score (nSPS) is 10.7. The van der Waals surface area contributed by atoms with Crippen LogP contribution in [0.3, 0.4) is 0 Å². The Labute approximate surface area is 141 Å². The number of thioether (sulfide) groups is 1. The van der Waals surface area contributed by atoms with E-state index in [1.165, 1.54) is 11.8 Å². The minimum atomic E-state index is 0.0160. The predicted octanol–water partition coefficient (Wildman–Crippen LogP) is 2.94. The maximum Gasteiger partial charge on any atom is 0.277 e. The molecule has 0 aliphatic rings. The summed E-state index contributed by atoms with van der Waals surface area (Å²) in [5.41, 5.74) is 1.89. The zero-order valence-electron chi connectivity index (χ0n) is 12.4. The summed E-state index contributed by atoms with van der Waals surface area (Å²) in [6.45, 7) is 0.605. The van der Waals surface area contributed by atoms with E-state index >= 15 is 0 Å². The lowest BCUT2D eigenvalue weighted by molar-refractivity contribution is -0.127. The fraction of sp³-hybridized carbons (Fsp3) is 0.200. The lowest BCUT2D eigenvalue weighted by atomic mass is 10.3. The molecule has 0 aromatic carbocycles. The third-order valence-electron chi connectivity index (χ3n) is 3.06. The van der Waals surface area contributed by atoms with Crippen LogP contribution in [0.5, 0.6) is 0 Å². The molecule has 0 saturated heterocycles. The first-order valence-electron chi connectivity index (χ1n) is 6.84. The number of hydrogen-bond donors (Lipinski definition) is 0. The molecule has 3 aromatic heterocycles. The number of carbonyl (C=O) groups excluding carboxylic acids is 1. The quantitative estimate of drug-likeness (QED) is 0.639. The molecule has 0 atom stereocenters. The smallest absolute Gasteiger partial charge is 0.277 e. The van der Waals surface area contributed by atoms with Crippen molar-refractivity contribution in [2.24, 2.45) is 0 Å². The van der Waals surface area contributed by atoms with Gasteiger partial charge in [-0.15, -0.1) is 10.2 Å². The topological polar surface area (TPSA) is 72.1 Å². The molecule has 0 radical (unpaired) electrons. The van der Waals surface area contributed by atoms with Crippen LogP contribution in [-0.4, -0.2) is 38.8 Å². The van der Waals surface area contributed by atoms with E-state index in [1.807, 2.05) is 22.9 Å². The summed E-state index contributed by atoms with van der Waals surface area (Å²) >= 11 is 2.86.